The summed E-state index contributed by atoms with van der Waals surface area (Å²) in [5, 5.41) is 3.79. The Morgan fingerprint density at radius 1 is 1.07 bits per heavy atom. The molecule has 1 N–H and O–H groups in total. The molecule has 0 saturated heterocycles. The third-order valence-electron chi connectivity index (χ3n) is 8.19. The Morgan fingerprint density at radius 2 is 1.95 bits per heavy atom. The lowest BCUT2D eigenvalue weighted by molar-refractivity contribution is -0.118. The van der Waals surface area contributed by atoms with E-state index in [9.17, 15) is 9.59 Å². The van der Waals surface area contributed by atoms with Crippen LogP contribution in [0.5, 0.6) is 5.75 Å². The molecule has 10 nitrogen and oxygen atoms in total. The van der Waals surface area contributed by atoms with Gasteiger partial charge in [0.05, 0.1) is 24.5 Å². The van der Waals surface area contributed by atoms with Crippen molar-refractivity contribution in [1.29, 1.82) is 0 Å². The number of aromatic nitrogens is 4. The van der Waals surface area contributed by atoms with Crippen LogP contribution in [-0.2, 0) is 23.3 Å². The second kappa shape index (κ2) is 9.59. The molecule has 4 aromatic rings. The highest BCUT2D eigenvalue weighted by molar-refractivity contribution is 5.96. The molecule has 0 saturated carbocycles. The summed E-state index contributed by atoms with van der Waals surface area (Å²) in [7, 11) is 2.14. The molecule has 41 heavy (non-hydrogen) atoms. The summed E-state index contributed by atoms with van der Waals surface area (Å²) >= 11 is 0. The fourth-order valence-corrected chi connectivity index (χ4v) is 6.44. The molecule has 3 aliphatic heterocycles. The van der Waals surface area contributed by atoms with Gasteiger partial charge in [-0.3, -0.25) is 9.59 Å². The molecular weight excluding hydrogens is 518 g/mol. The van der Waals surface area contributed by atoms with Crippen molar-refractivity contribution in [3.8, 4) is 11.4 Å². The van der Waals surface area contributed by atoms with Crippen molar-refractivity contribution in [3.63, 3.8) is 0 Å². The average Bonchev–Trinajstić information content (AvgIpc) is 3.21. The summed E-state index contributed by atoms with van der Waals surface area (Å²) in [5.41, 5.74) is 5.35. The maximum Gasteiger partial charge on any atom is 0.278 e. The summed E-state index contributed by atoms with van der Waals surface area (Å²) in [6.45, 7) is 7.72. The Hall–Kier alpha value is -4.44. The van der Waals surface area contributed by atoms with E-state index in [1.165, 1.54) is 11.1 Å². The van der Waals surface area contributed by atoms with Gasteiger partial charge in [0.1, 0.15) is 17.7 Å². The minimum absolute atomic E-state index is 0.0557. The molecular formula is C31H33N7O3. The third kappa shape index (κ3) is 4.39. The number of nitrogens with one attached hydrogen (secondary N) is 1. The van der Waals surface area contributed by atoms with Crippen LogP contribution in [0.1, 0.15) is 37.8 Å². The van der Waals surface area contributed by atoms with Gasteiger partial charge in [0.15, 0.2) is 5.65 Å². The van der Waals surface area contributed by atoms with Gasteiger partial charge in [-0.05, 0) is 54.9 Å². The van der Waals surface area contributed by atoms with E-state index in [2.05, 4.69) is 54.3 Å². The fraction of sp³-hybridized carbons (Fsp3) is 0.355. The van der Waals surface area contributed by atoms with Crippen molar-refractivity contribution < 1.29 is 9.53 Å². The van der Waals surface area contributed by atoms with E-state index in [1.807, 2.05) is 35.0 Å². The van der Waals surface area contributed by atoms with Gasteiger partial charge in [-0.15, -0.1) is 0 Å². The maximum atomic E-state index is 13.6. The van der Waals surface area contributed by atoms with Gasteiger partial charge >= 0.3 is 0 Å². The number of anilines is 3. The molecule has 7 rings (SSSR count). The molecule has 2 bridgehead atoms. The number of hydrogen-bond donors (Lipinski definition) is 1. The molecule has 10 heteroatoms. The number of allylic oxidation sites excluding steroid dienone is 2. The molecule has 0 spiro atoms. The van der Waals surface area contributed by atoms with Gasteiger partial charge in [0.2, 0.25) is 11.9 Å². The van der Waals surface area contributed by atoms with E-state index in [-0.39, 0.29) is 16.9 Å². The molecule has 210 valence electrons. The van der Waals surface area contributed by atoms with Crippen molar-refractivity contribution in [2.24, 2.45) is 0 Å². The number of ether oxygens (including phenoxy) is 1. The molecule has 2 aromatic heterocycles. The largest absolute Gasteiger partial charge is 0.490 e. The average molecular weight is 552 g/mol. The molecule has 1 amide bonds. The van der Waals surface area contributed by atoms with Crippen LogP contribution >= 0.6 is 0 Å². The van der Waals surface area contributed by atoms with E-state index in [0.29, 0.717) is 61.0 Å². The first-order chi connectivity index (χ1) is 19.8. The summed E-state index contributed by atoms with van der Waals surface area (Å²) < 4.78 is 9.34. The molecule has 0 atom stereocenters. The number of rotatable bonds is 2. The van der Waals surface area contributed by atoms with E-state index < -0.39 is 0 Å². The summed E-state index contributed by atoms with van der Waals surface area (Å²) in [5.74, 6) is 1.12. The van der Waals surface area contributed by atoms with E-state index >= 15 is 0 Å². The lowest BCUT2D eigenvalue weighted by atomic mass is 9.78. The lowest BCUT2D eigenvalue weighted by Crippen LogP contribution is -2.39. The minimum Gasteiger partial charge on any atom is -0.490 e. The third-order valence-corrected chi connectivity index (χ3v) is 8.19. The smallest absolute Gasteiger partial charge is 0.278 e. The van der Waals surface area contributed by atoms with Crippen LogP contribution in [0.25, 0.3) is 16.7 Å². The maximum absolute atomic E-state index is 13.6. The number of amides is 1. The summed E-state index contributed by atoms with van der Waals surface area (Å²) in [4.78, 5) is 40.1. The number of carbonyl (C=O) groups is 1. The van der Waals surface area contributed by atoms with Crippen molar-refractivity contribution in [2.45, 2.75) is 45.2 Å². The topological polar surface area (TPSA) is 97.5 Å². The Morgan fingerprint density at radius 3 is 2.83 bits per heavy atom. The van der Waals surface area contributed by atoms with Crippen molar-refractivity contribution >= 4 is 34.3 Å². The molecule has 3 aliphatic rings. The second-order valence-corrected chi connectivity index (χ2v) is 11.7. The Bertz CT molecular complexity index is 1780. The van der Waals surface area contributed by atoms with Crippen LogP contribution in [0.15, 0.2) is 59.5 Å². The Labute approximate surface area is 237 Å². The number of benzene rings is 2. The van der Waals surface area contributed by atoms with Crippen molar-refractivity contribution in [3.05, 3.63) is 76.2 Å². The minimum atomic E-state index is -0.172. The first-order valence-corrected chi connectivity index (χ1v) is 14.1. The van der Waals surface area contributed by atoms with Crippen LogP contribution in [0, 0.1) is 0 Å². The van der Waals surface area contributed by atoms with Gasteiger partial charge in [-0.1, -0.05) is 32.1 Å². The van der Waals surface area contributed by atoms with Crippen molar-refractivity contribution in [2.75, 3.05) is 37.0 Å². The number of carbonyl (C=O) groups excluding carboxylic acids is 1. The van der Waals surface area contributed by atoms with Gasteiger partial charge in [0, 0.05) is 36.8 Å². The van der Waals surface area contributed by atoms with Crippen LogP contribution in [0.3, 0.4) is 0 Å². The highest BCUT2D eigenvalue weighted by Gasteiger charge is 2.30. The fourth-order valence-electron chi connectivity index (χ4n) is 6.44. The van der Waals surface area contributed by atoms with Gasteiger partial charge in [0.25, 0.3) is 5.56 Å². The predicted molar refractivity (Wildman–Crippen MR) is 158 cm³/mol. The van der Waals surface area contributed by atoms with E-state index in [1.54, 1.807) is 15.8 Å². The first kappa shape index (κ1) is 25.5. The zero-order chi connectivity index (χ0) is 28.3. The Balaban J connectivity index is 1.34. The lowest BCUT2D eigenvalue weighted by Gasteiger charge is -2.38. The molecule has 0 unspecified atom stereocenters. The zero-order valence-electron chi connectivity index (χ0n) is 23.6. The normalized spacial score (nSPS) is 18.2. The van der Waals surface area contributed by atoms with Gasteiger partial charge in [-0.25, -0.2) is 14.3 Å². The van der Waals surface area contributed by atoms with Crippen LogP contribution < -0.4 is 20.5 Å². The van der Waals surface area contributed by atoms with Gasteiger partial charge in [-0.2, -0.15) is 4.98 Å². The molecule has 0 radical (unpaired) electrons. The number of likely N-dealkylation sites (N-methyl/N-ethyl adjacent to an activating group) is 1. The highest BCUT2D eigenvalue weighted by Crippen LogP contribution is 2.36. The Kier molecular flexibility index (Phi) is 5.97. The number of fused-ring (bicyclic) bond motifs is 6. The van der Waals surface area contributed by atoms with E-state index in [0.717, 1.165) is 24.5 Å². The summed E-state index contributed by atoms with van der Waals surface area (Å²) in [6, 6.07) is 12.1. The standard InChI is InChI=1S/C31H33N7O3/c1-31(2)19-35(3)18-20-15-21(8-10-24(20)31)33-30-32-17-23-28(34-30)38-22-9-11-26-25(16-22)36(13-14-41-26)27(39)7-5-4-6-12-37(38)29(23)40/h4,6,8-11,15-17H,5,7,12-14,18-19H2,1-3H3,(H,32,33,34). The number of hydrogen-bond acceptors (Lipinski definition) is 7. The van der Waals surface area contributed by atoms with Gasteiger partial charge < -0.3 is 19.9 Å². The molecule has 5 heterocycles. The molecule has 0 aliphatic carbocycles. The quantitative estimate of drug-likeness (QED) is 0.374. The number of nitrogens with zero attached hydrogens (tertiary/aromatic N) is 6. The van der Waals surface area contributed by atoms with Crippen LogP contribution in [0.4, 0.5) is 17.3 Å². The van der Waals surface area contributed by atoms with Crippen LogP contribution in [0.2, 0.25) is 0 Å². The van der Waals surface area contributed by atoms with Crippen molar-refractivity contribution in [1.82, 2.24) is 24.2 Å². The SMILES string of the molecule is CN1Cc2cc(Nc3ncc4c(=O)n5n(c4n3)-c3ccc4c(c3)N(CCO4)C(=O)CCC=CC5)ccc2C(C)(C)C1. The highest BCUT2D eigenvalue weighted by atomic mass is 16.5. The molecule has 2 aromatic carbocycles. The van der Waals surface area contributed by atoms with Crippen LogP contribution in [-0.4, -0.2) is 56.9 Å². The predicted octanol–water partition coefficient (Wildman–Crippen LogP) is 4.12. The zero-order valence-corrected chi connectivity index (χ0v) is 23.6. The summed E-state index contributed by atoms with van der Waals surface area (Å²) in [6.07, 6.45) is 6.47. The molecule has 0 fully saturated rings. The second-order valence-electron chi connectivity index (χ2n) is 11.7. The first-order valence-electron chi connectivity index (χ1n) is 14.1. The van der Waals surface area contributed by atoms with E-state index in [4.69, 9.17) is 9.72 Å². The monoisotopic (exact) mass is 551 g/mol.